The second-order valence-corrected chi connectivity index (χ2v) is 4.37. The normalized spacial score (nSPS) is 9.88. The van der Waals surface area contributed by atoms with E-state index in [0.29, 0.717) is 5.56 Å². The lowest BCUT2D eigenvalue weighted by Gasteiger charge is -2.06. The lowest BCUT2D eigenvalue weighted by Crippen LogP contribution is -2.08. The maximum absolute atomic E-state index is 11.7. The van der Waals surface area contributed by atoms with Crippen LogP contribution in [0.2, 0.25) is 0 Å². The number of carbonyl (C=O) groups excluding carboxylic acids is 2. The van der Waals surface area contributed by atoms with Gasteiger partial charge in [0.2, 0.25) is 5.12 Å². The largest absolute Gasteiger partial charge is 0.469 e. The van der Waals surface area contributed by atoms with E-state index in [0.717, 1.165) is 11.3 Å². The molecule has 3 nitrogen and oxygen atoms in total. The summed E-state index contributed by atoms with van der Waals surface area (Å²) < 4.78 is 4.59. The van der Waals surface area contributed by atoms with Gasteiger partial charge in [-0.25, -0.2) is 0 Å². The van der Waals surface area contributed by atoms with Gasteiger partial charge in [0.1, 0.15) is 0 Å². The molecule has 0 saturated carbocycles. The number of hydrogen-bond acceptors (Lipinski definition) is 4. The standard InChI is InChI=1S/C12H14O3S/c1-3-16-12(14)10-7-5-4-6-9(10)8-11(13)15-2/h4-7H,3,8H2,1-2H3. The van der Waals surface area contributed by atoms with Crippen molar-refractivity contribution in [1.29, 1.82) is 0 Å². The summed E-state index contributed by atoms with van der Waals surface area (Å²) in [6.45, 7) is 1.92. The average molecular weight is 238 g/mol. The summed E-state index contributed by atoms with van der Waals surface area (Å²) in [6.07, 6.45) is 0.142. The van der Waals surface area contributed by atoms with Crippen molar-refractivity contribution in [2.45, 2.75) is 13.3 Å². The highest BCUT2D eigenvalue weighted by Gasteiger charge is 2.13. The molecule has 0 fully saturated rings. The van der Waals surface area contributed by atoms with Crippen LogP contribution >= 0.6 is 11.8 Å². The van der Waals surface area contributed by atoms with E-state index in [1.54, 1.807) is 18.2 Å². The number of carbonyl (C=O) groups is 2. The van der Waals surface area contributed by atoms with Gasteiger partial charge in [0.05, 0.1) is 13.5 Å². The smallest absolute Gasteiger partial charge is 0.310 e. The van der Waals surface area contributed by atoms with Gasteiger partial charge in [-0.3, -0.25) is 9.59 Å². The van der Waals surface area contributed by atoms with Crippen LogP contribution in [0.15, 0.2) is 24.3 Å². The van der Waals surface area contributed by atoms with Gasteiger partial charge in [0, 0.05) is 5.56 Å². The highest BCUT2D eigenvalue weighted by atomic mass is 32.2. The van der Waals surface area contributed by atoms with Crippen LogP contribution < -0.4 is 0 Å². The minimum absolute atomic E-state index is 0.00185. The lowest BCUT2D eigenvalue weighted by molar-refractivity contribution is -0.139. The molecule has 0 atom stereocenters. The molecule has 0 aromatic heterocycles. The van der Waals surface area contributed by atoms with Crippen molar-refractivity contribution in [3.63, 3.8) is 0 Å². The first-order valence-corrected chi connectivity index (χ1v) is 5.99. The zero-order valence-electron chi connectivity index (χ0n) is 9.36. The van der Waals surface area contributed by atoms with Gasteiger partial charge in [0.15, 0.2) is 0 Å². The number of benzene rings is 1. The second kappa shape index (κ2) is 6.33. The van der Waals surface area contributed by atoms with Crippen LogP contribution in [0.3, 0.4) is 0 Å². The Morgan fingerprint density at radius 1 is 1.31 bits per heavy atom. The molecular formula is C12H14O3S. The molecule has 1 rings (SSSR count). The lowest BCUT2D eigenvalue weighted by atomic mass is 10.1. The second-order valence-electron chi connectivity index (χ2n) is 3.13. The maximum atomic E-state index is 11.7. The van der Waals surface area contributed by atoms with E-state index in [1.165, 1.54) is 18.9 Å². The van der Waals surface area contributed by atoms with E-state index in [1.807, 2.05) is 13.0 Å². The van der Waals surface area contributed by atoms with Crippen molar-refractivity contribution < 1.29 is 14.3 Å². The summed E-state index contributed by atoms with van der Waals surface area (Å²) in [5.74, 6) is 0.396. The Kier molecular flexibility index (Phi) is 5.05. The average Bonchev–Trinajstić information content (AvgIpc) is 2.30. The van der Waals surface area contributed by atoms with Gasteiger partial charge in [-0.15, -0.1) is 0 Å². The zero-order valence-corrected chi connectivity index (χ0v) is 10.2. The first-order chi connectivity index (χ1) is 7.69. The van der Waals surface area contributed by atoms with Gasteiger partial charge in [-0.2, -0.15) is 0 Å². The van der Waals surface area contributed by atoms with Gasteiger partial charge < -0.3 is 4.74 Å². The Hall–Kier alpha value is -1.29. The number of hydrogen-bond donors (Lipinski definition) is 0. The number of ether oxygens (including phenoxy) is 1. The van der Waals surface area contributed by atoms with Crippen molar-refractivity contribution in [2.75, 3.05) is 12.9 Å². The van der Waals surface area contributed by atoms with Crippen LogP contribution in [-0.2, 0) is 16.0 Å². The molecule has 0 aliphatic carbocycles. The fraction of sp³-hybridized carbons (Fsp3) is 0.333. The number of methoxy groups -OCH3 is 1. The Bertz CT molecular complexity index is 388. The molecule has 0 bridgehead atoms. The minimum Gasteiger partial charge on any atom is -0.469 e. The van der Waals surface area contributed by atoms with Crippen LogP contribution in [0.25, 0.3) is 0 Å². The topological polar surface area (TPSA) is 43.4 Å². The van der Waals surface area contributed by atoms with Crippen LogP contribution in [0.4, 0.5) is 0 Å². The molecule has 1 aromatic carbocycles. The quantitative estimate of drug-likeness (QED) is 0.755. The summed E-state index contributed by atoms with van der Waals surface area (Å²) in [6, 6.07) is 7.12. The molecule has 0 unspecified atom stereocenters. The van der Waals surface area contributed by atoms with E-state index in [-0.39, 0.29) is 17.5 Å². The fourth-order valence-electron chi connectivity index (χ4n) is 1.31. The molecule has 0 amide bonds. The molecule has 1 aromatic rings. The van der Waals surface area contributed by atoms with Crippen LogP contribution in [-0.4, -0.2) is 23.9 Å². The van der Waals surface area contributed by atoms with Gasteiger partial charge in [-0.1, -0.05) is 43.0 Å². The van der Waals surface area contributed by atoms with Gasteiger partial charge in [0.25, 0.3) is 0 Å². The van der Waals surface area contributed by atoms with E-state index >= 15 is 0 Å². The summed E-state index contributed by atoms with van der Waals surface area (Å²) >= 11 is 1.24. The summed E-state index contributed by atoms with van der Waals surface area (Å²) in [7, 11) is 1.34. The fourth-order valence-corrected chi connectivity index (χ4v) is 1.93. The van der Waals surface area contributed by atoms with Crippen molar-refractivity contribution in [1.82, 2.24) is 0 Å². The molecular weight excluding hydrogens is 224 g/mol. The third-order valence-corrected chi connectivity index (χ3v) is 2.85. The van der Waals surface area contributed by atoms with E-state index in [4.69, 9.17) is 0 Å². The molecule has 0 aliphatic heterocycles. The minimum atomic E-state index is -0.332. The molecule has 0 heterocycles. The van der Waals surface area contributed by atoms with Crippen molar-refractivity contribution in [3.05, 3.63) is 35.4 Å². The molecule has 86 valence electrons. The predicted octanol–water partition coefficient (Wildman–Crippen LogP) is 2.30. The number of rotatable bonds is 4. The third kappa shape index (κ3) is 3.38. The first kappa shape index (κ1) is 12.8. The van der Waals surface area contributed by atoms with E-state index in [9.17, 15) is 9.59 Å². The van der Waals surface area contributed by atoms with Crippen LogP contribution in [0.5, 0.6) is 0 Å². The van der Waals surface area contributed by atoms with Crippen molar-refractivity contribution >= 4 is 22.8 Å². The van der Waals surface area contributed by atoms with E-state index < -0.39 is 0 Å². The maximum Gasteiger partial charge on any atom is 0.310 e. The Morgan fingerprint density at radius 2 is 2.00 bits per heavy atom. The van der Waals surface area contributed by atoms with Gasteiger partial charge >= 0.3 is 5.97 Å². The molecule has 0 radical (unpaired) electrons. The molecule has 16 heavy (non-hydrogen) atoms. The van der Waals surface area contributed by atoms with Gasteiger partial charge in [-0.05, 0) is 11.3 Å². The summed E-state index contributed by atoms with van der Waals surface area (Å²) in [4.78, 5) is 22.9. The summed E-state index contributed by atoms with van der Waals surface area (Å²) in [5, 5.41) is 0.00185. The Morgan fingerprint density at radius 3 is 2.62 bits per heavy atom. The number of thioether (sulfide) groups is 1. The Balaban J connectivity index is 2.91. The predicted molar refractivity (Wildman–Crippen MR) is 64.6 cm³/mol. The first-order valence-electron chi connectivity index (χ1n) is 5.00. The van der Waals surface area contributed by atoms with Crippen molar-refractivity contribution in [3.8, 4) is 0 Å². The van der Waals surface area contributed by atoms with Crippen LogP contribution in [0, 0.1) is 0 Å². The van der Waals surface area contributed by atoms with Crippen molar-refractivity contribution in [2.24, 2.45) is 0 Å². The SMILES string of the molecule is CCSC(=O)c1ccccc1CC(=O)OC. The van der Waals surface area contributed by atoms with Crippen LogP contribution in [0.1, 0.15) is 22.8 Å². The number of esters is 1. The highest BCUT2D eigenvalue weighted by Crippen LogP contribution is 2.17. The highest BCUT2D eigenvalue weighted by molar-refractivity contribution is 8.14. The molecule has 0 spiro atoms. The molecule has 0 N–H and O–H groups in total. The monoisotopic (exact) mass is 238 g/mol. The third-order valence-electron chi connectivity index (χ3n) is 2.08. The van der Waals surface area contributed by atoms with E-state index in [2.05, 4.69) is 4.74 Å². The Labute approximate surface area is 99.2 Å². The molecule has 4 heteroatoms. The zero-order chi connectivity index (χ0) is 12.0. The summed E-state index contributed by atoms with van der Waals surface area (Å²) in [5.41, 5.74) is 1.32. The molecule has 0 saturated heterocycles. The molecule has 0 aliphatic rings.